The van der Waals surface area contributed by atoms with Crippen molar-refractivity contribution in [1.29, 1.82) is 0 Å². The Balaban J connectivity index is 0.000000886. The SMILES string of the molecule is CC(=O)NN1CCCN(c2ncccc2CNc2nnnn2-c2ccc(F)c(Cl)c2Cl)CC1.CC(=O)O. The smallest absolute Gasteiger partial charge is 0.300 e. The predicted octanol–water partition coefficient (Wildman–Crippen LogP) is 2.77. The van der Waals surface area contributed by atoms with Crippen LogP contribution < -0.4 is 15.6 Å². The summed E-state index contributed by atoms with van der Waals surface area (Å²) in [6, 6.07) is 6.50. The minimum Gasteiger partial charge on any atom is -0.481 e. The number of carbonyl (C=O) groups is 2. The highest BCUT2D eigenvalue weighted by molar-refractivity contribution is 6.43. The van der Waals surface area contributed by atoms with E-state index in [2.05, 4.69) is 36.2 Å². The Hall–Kier alpha value is -3.55. The normalized spacial score (nSPS) is 13.8. The zero-order chi connectivity index (χ0) is 26.9. The first-order valence-corrected chi connectivity index (χ1v) is 12.0. The number of aliphatic carboxylic acids is 1. The maximum atomic E-state index is 13.7. The number of carboxylic acid groups (broad SMARTS) is 1. The molecule has 0 radical (unpaired) electrons. The number of tetrazole rings is 1. The van der Waals surface area contributed by atoms with Crippen molar-refractivity contribution in [3.05, 3.63) is 51.9 Å². The molecular formula is C22H26Cl2FN9O3. The van der Waals surface area contributed by atoms with Crippen LogP contribution in [-0.2, 0) is 16.1 Å². The Morgan fingerprint density at radius 3 is 2.59 bits per heavy atom. The first-order valence-electron chi connectivity index (χ1n) is 11.2. The lowest BCUT2D eigenvalue weighted by atomic mass is 10.2. The van der Waals surface area contributed by atoms with Gasteiger partial charge in [-0.05, 0) is 35.0 Å². The van der Waals surface area contributed by atoms with Gasteiger partial charge in [-0.3, -0.25) is 15.0 Å². The van der Waals surface area contributed by atoms with Gasteiger partial charge in [0.1, 0.15) is 11.6 Å². The number of rotatable bonds is 6. The highest BCUT2D eigenvalue weighted by Crippen LogP contribution is 2.31. The minimum atomic E-state index is -0.833. The van der Waals surface area contributed by atoms with Crippen molar-refractivity contribution < 1.29 is 19.1 Å². The molecule has 12 nitrogen and oxygen atoms in total. The number of amides is 1. The Morgan fingerprint density at radius 2 is 1.86 bits per heavy atom. The Labute approximate surface area is 222 Å². The van der Waals surface area contributed by atoms with Crippen molar-refractivity contribution in [3.8, 4) is 5.69 Å². The fraction of sp³-hybridized carbons (Fsp3) is 0.364. The first-order chi connectivity index (χ1) is 17.7. The number of halogens is 3. The molecule has 0 saturated carbocycles. The van der Waals surface area contributed by atoms with E-state index in [1.165, 1.54) is 23.7 Å². The van der Waals surface area contributed by atoms with Gasteiger partial charge >= 0.3 is 0 Å². The average molecular weight is 554 g/mol. The standard InChI is InChI=1S/C20H22Cl2FN9O.C2H4O2/c1-13(33)27-31-9-3-8-30(10-11-31)19-14(4-2-7-24-19)12-25-20-26-28-29-32(20)16-6-5-15(23)17(21)18(16)22;1-2(3)4/h2,4-7H,3,8-12H2,1H3,(H,27,33)(H,25,26,29);1H3,(H,3,4). The van der Waals surface area contributed by atoms with Crippen LogP contribution in [0.1, 0.15) is 25.8 Å². The molecule has 1 amide bonds. The fourth-order valence-electron chi connectivity index (χ4n) is 3.63. The third kappa shape index (κ3) is 7.71. The summed E-state index contributed by atoms with van der Waals surface area (Å²) in [5, 5.41) is 24.0. The van der Waals surface area contributed by atoms with Gasteiger partial charge in [0.15, 0.2) is 0 Å². The molecule has 0 unspecified atom stereocenters. The monoisotopic (exact) mass is 553 g/mol. The van der Waals surface area contributed by atoms with Gasteiger partial charge in [0.05, 0.1) is 15.7 Å². The Morgan fingerprint density at radius 1 is 1.11 bits per heavy atom. The summed E-state index contributed by atoms with van der Waals surface area (Å²) in [4.78, 5) is 27.2. The van der Waals surface area contributed by atoms with Gasteiger partial charge < -0.3 is 15.3 Å². The third-order valence-electron chi connectivity index (χ3n) is 5.13. The average Bonchev–Trinajstić information content (AvgIpc) is 3.19. The molecule has 0 aliphatic carbocycles. The molecule has 0 spiro atoms. The van der Waals surface area contributed by atoms with Crippen molar-refractivity contribution in [3.63, 3.8) is 0 Å². The number of carboxylic acids is 1. The molecule has 3 aromatic rings. The summed E-state index contributed by atoms with van der Waals surface area (Å²) in [7, 11) is 0. The van der Waals surface area contributed by atoms with Crippen molar-refractivity contribution in [2.24, 2.45) is 0 Å². The van der Waals surface area contributed by atoms with E-state index in [9.17, 15) is 9.18 Å². The number of anilines is 2. The van der Waals surface area contributed by atoms with Gasteiger partial charge in [0, 0.05) is 58.3 Å². The van der Waals surface area contributed by atoms with E-state index in [0.717, 1.165) is 37.8 Å². The van der Waals surface area contributed by atoms with Crippen LogP contribution in [0.2, 0.25) is 10.0 Å². The number of pyridine rings is 1. The first kappa shape index (κ1) is 28.0. The molecule has 1 aliphatic rings. The summed E-state index contributed by atoms with van der Waals surface area (Å²) in [6.07, 6.45) is 2.63. The van der Waals surface area contributed by atoms with Crippen molar-refractivity contribution >= 4 is 46.8 Å². The lowest BCUT2D eigenvalue weighted by Gasteiger charge is -2.25. The highest BCUT2D eigenvalue weighted by Gasteiger charge is 2.20. The molecule has 1 aliphatic heterocycles. The van der Waals surface area contributed by atoms with Crippen LogP contribution >= 0.6 is 23.2 Å². The van der Waals surface area contributed by atoms with Crippen molar-refractivity contribution in [2.45, 2.75) is 26.8 Å². The second-order valence-corrected chi connectivity index (χ2v) is 8.72. The molecule has 0 bridgehead atoms. The molecule has 1 aromatic carbocycles. The number of hydrogen-bond donors (Lipinski definition) is 3. The van der Waals surface area contributed by atoms with E-state index in [1.807, 2.05) is 17.1 Å². The number of aromatic nitrogens is 5. The van der Waals surface area contributed by atoms with E-state index < -0.39 is 11.8 Å². The van der Waals surface area contributed by atoms with Crippen LogP contribution in [-0.4, -0.2) is 73.4 Å². The molecule has 37 heavy (non-hydrogen) atoms. The zero-order valence-electron chi connectivity index (χ0n) is 20.2. The largest absolute Gasteiger partial charge is 0.481 e. The van der Waals surface area contributed by atoms with E-state index in [-0.39, 0.29) is 16.0 Å². The molecular weight excluding hydrogens is 528 g/mol. The Kier molecular flexibility index (Phi) is 9.94. The minimum absolute atomic E-state index is 0.0161. The summed E-state index contributed by atoms with van der Waals surface area (Å²) < 4.78 is 15.0. The second kappa shape index (κ2) is 13.1. The molecule has 198 valence electrons. The van der Waals surface area contributed by atoms with Gasteiger partial charge in [-0.1, -0.05) is 34.4 Å². The van der Waals surface area contributed by atoms with E-state index >= 15 is 0 Å². The number of hydrazine groups is 1. The Bertz CT molecular complexity index is 1240. The van der Waals surface area contributed by atoms with Gasteiger partial charge in [-0.2, -0.15) is 4.68 Å². The number of nitrogens with one attached hydrogen (secondary N) is 2. The maximum absolute atomic E-state index is 13.7. The van der Waals surface area contributed by atoms with Gasteiger partial charge in [0.2, 0.25) is 11.9 Å². The highest BCUT2D eigenvalue weighted by atomic mass is 35.5. The van der Waals surface area contributed by atoms with Crippen LogP contribution in [0.3, 0.4) is 0 Å². The van der Waals surface area contributed by atoms with Crippen LogP contribution in [0.15, 0.2) is 30.5 Å². The second-order valence-electron chi connectivity index (χ2n) is 7.96. The number of carbonyl (C=O) groups excluding carboxylic acids is 1. The molecule has 4 rings (SSSR count). The predicted molar refractivity (Wildman–Crippen MR) is 136 cm³/mol. The number of hydrogen-bond acceptors (Lipinski definition) is 9. The van der Waals surface area contributed by atoms with Crippen LogP contribution in [0.4, 0.5) is 16.2 Å². The van der Waals surface area contributed by atoms with E-state index in [1.54, 1.807) is 6.20 Å². The van der Waals surface area contributed by atoms with Gasteiger partial charge in [-0.25, -0.2) is 14.4 Å². The van der Waals surface area contributed by atoms with E-state index in [0.29, 0.717) is 31.3 Å². The molecule has 3 N–H and O–H groups in total. The lowest BCUT2D eigenvalue weighted by molar-refractivity contribution is -0.134. The van der Waals surface area contributed by atoms with Crippen LogP contribution in [0.5, 0.6) is 0 Å². The van der Waals surface area contributed by atoms with Gasteiger partial charge in [0.25, 0.3) is 5.97 Å². The number of benzene rings is 1. The molecule has 0 atom stereocenters. The number of nitrogens with zero attached hydrogens (tertiary/aromatic N) is 7. The lowest BCUT2D eigenvalue weighted by Crippen LogP contribution is -2.43. The summed E-state index contributed by atoms with van der Waals surface area (Å²) in [6.45, 7) is 5.96. The quantitative estimate of drug-likeness (QED) is 0.390. The molecule has 1 fully saturated rings. The maximum Gasteiger partial charge on any atom is 0.300 e. The summed E-state index contributed by atoms with van der Waals surface area (Å²) in [5.41, 5.74) is 4.15. The third-order valence-corrected chi connectivity index (χ3v) is 5.98. The van der Waals surface area contributed by atoms with Gasteiger partial charge in [-0.15, -0.1) is 0 Å². The molecule has 2 aromatic heterocycles. The molecule has 3 heterocycles. The topological polar surface area (TPSA) is 141 Å². The van der Waals surface area contributed by atoms with Crippen LogP contribution in [0, 0.1) is 5.82 Å². The molecule has 1 saturated heterocycles. The van der Waals surface area contributed by atoms with E-state index in [4.69, 9.17) is 33.1 Å². The fourth-order valence-corrected chi connectivity index (χ4v) is 4.02. The summed E-state index contributed by atoms with van der Waals surface area (Å²) in [5.74, 6) is -0.368. The van der Waals surface area contributed by atoms with Crippen LogP contribution in [0.25, 0.3) is 5.69 Å². The van der Waals surface area contributed by atoms with Crippen molar-refractivity contribution in [1.82, 2.24) is 35.6 Å². The summed E-state index contributed by atoms with van der Waals surface area (Å²) >= 11 is 12.1. The zero-order valence-corrected chi connectivity index (χ0v) is 21.7. The molecule has 15 heteroatoms. The van der Waals surface area contributed by atoms with Crippen molar-refractivity contribution in [2.75, 3.05) is 36.4 Å².